The standard InChI is InChI=1S/C21H27NO3/c1-13-14(2)20-18(15(3)19(13)23)9-10-21(4,25-20)11-12-24-17-7-5-16(22)6-8-17/h5-8,23H,9-12,22H2,1-4H3. The molecule has 0 spiro atoms. The summed E-state index contributed by atoms with van der Waals surface area (Å²) in [6, 6.07) is 7.44. The normalized spacial score (nSPS) is 19.2. The zero-order valence-electron chi connectivity index (χ0n) is 15.5. The first-order chi connectivity index (χ1) is 11.8. The van der Waals surface area contributed by atoms with Gasteiger partial charge < -0.3 is 20.3 Å². The SMILES string of the molecule is Cc1c(C)c2c(c(C)c1O)CCC(C)(CCOc1ccc(N)cc1)O2. The molecular weight excluding hydrogens is 314 g/mol. The highest BCUT2D eigenvalue weighted by Crippen LogP contribution is 2.44. The van der Waals surface area contributed by atoms with Crippen molar-refractivity contribution in [2.45, 2.75) is 52.6 Å². The van der Waals surface area contributed by atoms with Gasteiger partial charge in [-0.3, -0.25) is 0 Å². The van der Waals surface area contributed by atoms with E-state index in [9.17, 15) is 5.11 Å². The lowest BCUT2D eigenvalue weighted by atomic mass is 9.86. The van der Waals surface area contributed by atoms with Gasteiger partial charge in [-0.2, -0.15) is 0 Å². The lowest BCUT2D eigenvalue weighted by Gasteiger charge is -2.38. The molecule has 0 bridgehead atoms. The van der Waals surface area contributed by atoms with Gasteiger partial charge in [0.2, 0.25) is 0 Å². The third-order valence-electron chi connectivity index (χ3n) is 5.37. The molecule has 1 aliphatic rings. The number of rotatable bonds is 4. The number of phenols is 1. The minimum absolute atomic E-state index is 0.262. The highest BCUT2D eigenvalue weighted by Gasteiger charge is 2.34. The van der Waals surface area contributed by atoms with E-state index in [0.717, 1.165) is 58.7 Å². The molecule has 1 heterocycles. The quantitative estimate of drug-likeness (QED) is 0.806. The van der Waals surface area contributed by atoms with Gasteiger partial charge in [0.15, 0.2) is 0 Å². The molecule has 2 aromatic carbocycles. The Labute approximate surface area is 149 Å². The third-order valence-corrected chi connectivity index (χ3v) is 5.37. The molecule has 0 saturated heterocycles. The Balaban J connectivity index is 1.71. The summed E-state index contributed by atoms with van der Waals surface area (Å²) in [7, 11) is 0. The number of anilines is 1. The van der Waals surface area contributed by atoms with Gasteiger partial charge in [-0.05, 0) is 81.5 Å². The average Bonchev–Trinajstić information content (AvgIpc) is 2.60. The minimum atomic E-state index is -0.262. The number of hydrogen-bond donors (Lipinski definition) is 2. The molecule has 4 nitrogen and oxygen atoms in total. The van der Waals surface area contributed by atoms with Crippen LogP contribution in [0.5, 0.6) is 17.2 Å². The van der Waals surface area contributed by atoms with Crippen LogP contribution < -0.4 is 15.2 Å². The van der Waals surface area contributed by atoms with Crippen LogP contribution in [0.2, 0.25) is 0 Å². The summed E-state index contributed by atoms with van der Waals surface area (Å²) in [5, 5.41) is 10.3. The van der Waals surface area contributed by atoms with Gasteiger partial charge in [0, 0.05) is 17.7 Å². The van der Waals surface area contributed by atoms with Gasteiger partial charge in [0.1, 0.15) is 22.8 Å². The molecule has 3 N–H and O–H groups in total. The van der Waals surface area contributed by atoms with E-state index in [0.29, 0.717) is 12.4 Å². The van der Waals surface area contributed by atoms with Crippen molar-refractivity contribution in [3.63, 3.8) is 0 Å². The molecule has 0 aliphatic carbocycles. The number of nitrogens with two attached hydrogens (primary N) is 1. The van der Waals surface area contributed by atoms with Crippen molar-refractivity contribution in [3.8, 4) is 17.2 Å². The van der Waals surface area contributed by atoms with Crippen molar-refractivity contribution < 1.29 is 14.6 Å². The topological polar surface area (TPSA) is 64.7 Å². The molecule has 25 heavy (non-hydrogen) atoms. The summed E-state index contributed by atoms with van der Waals surface area (Å²) in [6.07, 6.45) is 2.62. The molecule has 0 amide bonds. The molecule has 0 radical (unpaired) electrons. The molecule has 4 heteroatoms. The number of phenolic OH excluding ortho intramolecular Hbond substituents is 1. The predicted molar refractivity (Wildman–Crippen MR) is 101 cm³/mol. The van der Waals surface area contributed by atoms with E-state index in [1.54, 1.807) is 0 Å². The zero-order chi connectivity index (χ0) is 18.2. The molecule has 0 saturated carbocycles. The van der Waals surface area contributed by atoms with Gasteiger partial charge in [0.05, 0.1) is 6.61 Å². The van der Waals surface area contributed by atoms with Crippen LogP contribution in [0, 0.1) is 20.8 Å². The summed E-state index contributed by atoms with van der Waals surface area (Å²) < 4.78 is 12.3. The van der Waals surface area contributed by atoms with E-state index in [1.807, 2.05) is 45.0 Å². The lowest BCUT2D eigenvalue weighted by Crippen LogP contribution is -2.38. The van der Waals surface area contributed by atoms with Crippen molar-refractivity contribution in [1.29, 1.82) is 0 Å². The van der Waals surface area contributed by atoms with Crippen molar-refractivity contribution >= 4 is 5.69 Å². The maximum absolute atomic E-state index is 10.3. The van der Waals surface area contributed by atoms with E-state index in [4.69, 9.17) is 15.2 Å². The van der Waals surface area contributed by atoms with E-state index in [2.05, 4.69) is 6.92 Å². The number of aromatic hydroxyl groups is 1. The van der Waals surface area contributed by atoms with E-state index in [-0.39, 0.29) is 5.60 Å². The Morgan fingerprint density at radius 3 is 2.48 bits per heavy atom. The molecule has 2 aromatic rings. The minimum Gasteiger partial charge on any atom is -0.507 e. The molecule has 0 fully saturated rings. The number of ether oxygens (including phenoxy) is 2. The molecule has 1 unspecified atom stereocenters. The summed E-state index contributed by atoms with van der Waals surface area (Å²) in [5.41, 5.74) is 10.2. The average molecular weight is 341 g/mol. The fraction of sp³-hybridized carbons (Fsp3) is 0.429. The fourth-order valence-corrected chi connectivity index (χ4v) is 3.42. The van der Waals surface area contributed by atoms with E-state index >= 15 is 0 Å². The van der Waals surface area contributed by atoms with Gasteiger partial charge in [-0.15, -0.1) is 0 Å². The Morgan fingerprint density at radius 1 is 1.12 bits per heavy atom. The Morgan fingerprint density at radius 2 is 1.80 bits per heavy atom. The summed E-state index contributed by atoms with van der Waals surface area (Å²) in [5.74, 6) is 2.16. The summed E-state index contributed by atoms with van der Waals surface area (Å²) in [6.45, 7) is 8.66. The van der Waals surface area contributed by atoms with E-state index in [1.165, 1.54) is 0 Å². The maximum Gasteiger partial charge on any atom is 0.127 e. The highest BCUT2D eigenvalue weighted by molar-refractivity contribution is 5.58. The van der Waals surface area contributed by atoms with Crippen molar-refractivity contribution in [2.24, 2.45) is 0 Å². The van der Waals surface area contributed by atoms with Crippen molar-refractivity contribution in [1.82, 2.24) is 0 Å². The van der Waals surface area contributed by atoms with Crippen LogP contribution in [-0.2, 0) is 6.42 Å². The van der Waals surface area contributed by atoms with Crippen LogP contribution in [0.25, 0.3) is 0 Å². The van der Waals surface area contributed by atoms with Crippen LogP contribution in [0.4, 0.5) is 5.69 Å². The third kappa shape index (κ3) is 3.39. The largest absolute Gasteiger partial charge is 0.507 e. The van der Waals surface area contributed by atoms with Crippen LogP contribution >= 0.6 is 0 Å². The lowest BCUT2D eigenvalue weighted by molar-refractivity contribution is 0.0412. The first kappa shape index (κ1) is 17.5. The van der Waals surface area contributed by atoms with E-state index < -0.39 is 0 Å². The first-order valence-corrected chi connectivity index (χ1v) is 8.80. The van der Waals surface area contributed by atoms with Crippen molar-refractivity contribution in [3.05, 3.63) is 46.5 Å². The first-order valence-electron chi connectivity index (χ1n) is 8.80. The number of hydrogen-bond acceptors (Lipinski definition) is 4. The van der Waals surface area contributed by atoms with Crippen LogP contribution in [0.3, 0.4) is 0 Å². The van der Waals surface area contributed by atoms with Crippen LogP contribution in [0.1, 0.15) is 42.0 Å². The van der Waals surface area contributed by atoms with Crippen molar-refractivity contribution in [2.75, 3.05) is 12.3 Å². The highest BCUT2D eigenvalue weighted by atomic mass is 16.5. The Bertz CT molecular complexity index is 783. The smallest absolute Gasteiger partial charge is 0.127 e. The second-order valence-electron chi connectivity index (χ2n) is 7.25. The second kappa shape index (κ2) is 6.51. The monoisotopic (exact) mass is 341 g/mol. The fourth-order valence-electron chi connectivity index (χ4n) is 3.42. The number of fused-ring (bicyclic) bond motifs is 1. The van der Waals surface area contributed by atoms with Gasteiger partial charge in [-0.1, -0.05) is 0 Å². The molecular formula is C21H27NO3. The summed E-state index contributed by atoms with van der Waals surface area (Å²) >= 11 is 0. The van der Waals surface area contributed by atoms with Gasteiger partial charge in [-0.25, -0.2) is 0 Å². The van der Waals surface area contributed by atoms with Gasteiger partial charge in [0.25, 0.3) is 0 Å². The maximum atomic E-state index is 10.3. The Kier molecular flexibility index (Phi) is 4.55. The second-order valence-corrected chi connectivity index (χ2v) is 7.25. The zero-order valence-corrected chi connectivity index (χ0v) is 15.5. The Hall–Kier alpha value is -2.36. The molecule has 0 aromatic heterocycles. The molecule has 1 aliphatic heterocycles. The number of benzene rings is 2. The van der Waals surface area contributed by atoms with Gasteiger partial charge >= 0.3 is 0 Å². The summed E-state index contributed by atoms with van der Waals surface area (Å²) in [4.78, 5) is 0. The number of nitrogen functional groups attached to an aromatic ring is 1. The molecule has 1 atom stereocenters. The molecule has 134 valence electrons. The predicted octanol–water partition coefficient (Wildman–Crippen LogP) is 4.45. The van der Waals surface area contributed by atoms with Crippen LogP contribution in [-0.4, -0.2) is 17.3 Å². The van der Waals surface area contributed by atoms with Crippen LogP contribution in [0.15, 0.2) is 24.3 Å². The molecule has 3 rings (SSSR count).